The zero-order valence-electron chi connectivity index (χ0n) is 32.6. The average molecular weight is 850 g/mol. The van der Waals surface area contributed by atoms with E-state index in [4.69, 9.17) is 23.7 Å². The number of hydrogen-bond donors (Lipinski definition) is 10. The van der Waals surface area contributed by atoms with E-state index < -0.39 is 160 Å². The van der Waals surface area contributed by atoms with Crippen molar-refractivity contribution in [2.45, 2.75) is 94.3 Å². The number of phenols is 2. The molecule has 2 fully saturated rings. The second kappa shape index (κ2) is 16.9. The molecule has 20 nitrogen and oxygen atoms in total. The number of fused-ring (bicyclic) bond motifs is 5. The minimum absolute atomic E-state index is 0. The van der Waals surface area contributed by atoms with Crippen LogP contribution in [0.2, 0.25) is 0 Å². The van der Waals surface area contributed by atoms with Crippen LogP contribution >= 0.6 is 0 Å². The summed E-state index contributed by atoms with van der Waals surface area (Å²) >= 11 is 0. The minimum Gasteiger partial charge on any atom is -0.872 e. The third-order valence-electron chi connectivity index (χ3n) is 11.0. The first-order valence-electron chi connectivity index (χ1n) is 18.2. The number of hydrogen-bond acceptors (Lipinski definition) is 18. The quantitative estimate of drug-likeness (QED) is 0.0748. The Hall–Kier alpha value is -4.26. The van der Waals surface area contributed by atoms with Crippen LogP contribution in [-0.4, -0.2) is 144 Å². The summed E-state index contributed by atoms with van der Waals surface area (Å²) in [6.45, 7) is 3.41. The number of nitrogens with one attached hydrogen (secondary N) is 1. The molecule has 7 rings (SSSR count). The molecule has 3 aromatic carbocycles. The van der Waals surface area contributed by atoms with Gasteiger partial charge in [-0.15, -0.1) is 0 Å². The van der Waals surface area contributed by atoms with Crippen molar-refractivity contribution < 1.29 is 123 Å². The Balaban J connectivity index is 0.00000604. The summed E-state index contributed by atoms with van der Waals surface area (Å²) in [4.78, 5) is 53.1. The number of carboxylic acid groups (broad SMARTS) is 1. The summed E-state index contributed by atoms with van der Waals surface area (Å²) in [5.41, 5.74) is -3.98. The smallest absolute Gasteiger partial charge is 0.872 e. The zero-order valence-corrected chi connectivity index (χ0v) is 34.6. The van der Waals surface area contributed by atoms with Crippen molar-refractivity contribution in [2.24, 2.45) is 0 Å². The molecule has 4 aliphatic rings. The molecule has 21 heteroatoms. The fourth-order valence-corrected chi connectivity index (χ4v) is 7.86. The average Bonchev–Trinajstić information content (AvgIpc) is 3.18. The molecule has 10 N–H and O–H groups in total. The van der Waals surface area contributed by atoms with E-state index in [2.05, 4.69) is 5.32 Å². The summed E-state index contributed by atoms with van der Waals surface area (Å²) in [5.74, 6) is -7.25. The number of carboxylic acids is 1. The Morgan fingerprint density at radius 3 is 2.12 bits per heavy atom. The molecule has 0 radical (unpaired) electrons. The van der Waals surface area contributed by atoms with Crippen LogP contribution in [0.5, 0.6) is 23.0 Å². The van der Waals surface area contributed by atoms with Crippen molar-refractivity contribution in [1.29, 1.82) is 0 Å². The number of aromatic hydroxyl groups is 2. The molecular formula is C39H40NNaO19. The first-order chi connectivity index (χ1) is 27.8. The molecule has 12 atom stereocenters. The molecule has 2 saturated heterocycles. The summed E-state index contributed by atoms with van der Waals surface area (Å²) in [6.07, 6.45) is -18.6. The third-order valence-corrected chi connectivity index (χ3v) is 11.0. The van der Waals surface area contributed by atoms with E-state index in [-0.39, 0.29) is 52.0 Å². The van der Waals surface area contributed by atoms with Crippen molar-refractivity contribution in [3.05, 3.63) is 68.8 Å². The number of amides is 1. The number of aliphatic hydroxyl groups is 6. The number of carbonyl (C=O) groups is 4. The van der Waals surface area contributed by atoms with Gasteiger partial charge in [-0.1, -0.05) is 11.8 Å². The number of carbonyl (C=O) groups excluding carboxylic acids is 3. The van der Waals surface area contributed by atoms with Gasteiger partial charge in [0.15, 0.2) is 24.1 Å². The van der Waals surface area contributed by atoms with Gasteiger partial charge in [0.2, 0.25) is 0 Å². The van der Waals surface area contributed by atoms with Crippen molar-refractivity contribution in [3.8, 4) is 34.1 Å². The molecular weight excluding hydrogens is 809 g/mol. The monoisotopic (exact) mass is 849 g/mol. The maximum atomic E-state index is 14.0. The van der Waals surface area contributed by atoms with Gasteiger partial charge >= 0.3 is 35.5 Å². The number of aliphatic hydroxyl groups excluding tert-OH is 6. The summed E-state index contributed by atoms with van der Waals surface area (Å²) in [5, 5.41) is 114. The molecule has 0 spiro atoms. The molecule has 60 heavy (non-hydrogen) atoms. The predicted molar refractivity (Wildman–Crippen MR) is 192 cm³/mol. The van der Waals surface area contributed by atoms with Crippen LogP contribution in [0.25, 0.3) is 11.1 Å². The Morgan fingerprint density at radius 2 is 1.47 bits per heavy atom. The number of benzene rings is 3. The van der Waals surface area contributed by atoms with Gasteiger partial charge < -0.3 is 80.1 Å². The molecule has 0 saturated carbocycles. The van der Waals surface area contributed by atoms with Crippen LogP contribution in [0.15, 0.2) is 24.3 Å². The number of ketones is 2. The molecule has 1 amide bonds. The van der Waals surface area contributed by atoms with Gasteiger partial charge in [0.25, 0.3) is 5.91 Å². The van der Waals surface area contributed by atoms with E-state index in [0.29, 0.717) is 0 Å². The SMILES string of the molecule is COc1cc([O-])c2c(c1)C(=O)c1c(cc3c(c1O)-c1c(cc(C)c(C(=O)N[C@H](C)C(=O)O)c1O)[C@H](O[C@@H]1O[C@H](C)[C@H](O)[C@H](O[C@@H]4OC[C@@H](O)[C@H](O)[C@H]4O)[C@H]1O)[C@H]3O)C2=O.[Na+]. The van der Waals surface area contributed by atoms with Crippen LogP contribution in [0.3, 0.4) is 0 Å². The van der Waals surface area contributed by atoms with Gasteiger partial charge in [0, 0.05) is 27.8 Å². The Kier molecular flexibility index (Phi) is 12.7. The number of rotatable bonds is 8. The predicted octanol–water partition coefficient (Wildman–Crippen LogP) is -4.47. The van der Waals surface area contributed by atoms with Crippen molar-refractivity contribution >= 4 is 23.4 Å². The van der Waals surface area contributed by atoms with Gasteiger partial charge in [0.05, 0.1) is 30.9 Å². The number of ether oxygens (including phenoxy) is 5. The summed E-state index contributed by atoms with van der Waals surface area (Å²) < 4.78 is 28.0. The first-order valence-corrected chi connectivity index (χ1v) is 18.2. The maximum absolute atomic E-state index is 14.0. The normalized spacial score (nSPS) is 29.9. The van der Waals surface area contributed by atoms with E-state index >= 15 is 0 Å². The maximum Gasteiger partial charge on any atom is 1.00 e. The number of methoxy groups -OCH3 is 1. The molecule has 2 aliphatic carbocycles. The Bertz CT molecular complexity index is 2270. The molecule has 316 valence electrons. The Morgan fingerprint density at radius 1 is 0.833 bits per heavy atom. The van der Waals surface area contributed by atoms with E-state index in [9.17, 15) is 70.2 Å². The molecule has 2 aliphatic heterocycles. The topological polar surface area (TPSA) is 332 Å². The van der Waals surface area contributed by atoms with Crippen molar-refractivity contribution in [1.82, 2.24) is 5.32 Å². The standard InChI is InChI=1S/C39H41NO19.Na/c1-10-5-17-23(30(48)20(10)36(52)40-11(2)37(53)54)22-15(8-16-24(31(22)49)27(45)14-6-13(55-4)7-18(41)21(14)26(16)44)28(46)34(17)58-39-33(51)35(25(43)12(3)57-39)59-38-32(50)29(47)19(42)9-56-38;/h5-8,11-12,19,25,28-29,32-35,38-39,41-43,46-51H,9H2,1-4H3,(H,40,52)(H,53,54);/q;+1/p-1/t11-,12-,19-,25+,28+,29+,32-,33-,34+,35+,38+,39+;/m1./s1. The van der Waals surface area contributed by atoms with E-state index in [0.717, 1.165) is 18.2 Å². The molecule has 3 aromatic rings. The Labute approximate surface area is 361 Å². The van der Waals surface area contributed by atoms with Gasteiger partial charge in [-0.2, -0.15) is 0 Å². The molecule has 0 unspecified atom stereocenters. The number of aryl methyl sites for hydroxylation is 1. The minimum atomic E-state index is -1.96. The van der Waals surface area contributed by atoms with Gasteiger partial charge in [-0.3, -0.25) is 19.2 Å². The van der Waals surface area contributed by atoms with Crippen LogP contribution in [0.1, 0.15) is 84.9 Å². The second-order valence-electron chi connectivity index (χ2n) is 14.8. The molecule has 0 aromatic heterocycles. The van der Waals surface area contributed by atoms with Gasteiger partial charge in [0.1, 0.15) is 72.1 Å². The van der Waals surface area contributed by atoms with Crippen molar-refractivity contribution in [3.63, 3.8) is 0 Å². The van der Waals surface area contributed by atoms with E-state index in [1.165, 1.54) is 33.9 Å². The van der Waals surface area contributed by atoms with Crippen LogP contribution in [-0.2, 0) is 23.7 Å². The molecule has 0 bridgehead atoms. The van der Waals surface area contributed by atoms with Crippen LogP contribution in [0.4, 0.5) is 0 Å². The van der Waals surface area contributed by atoms with Crippen molar-refractivity contribution in [2.75, 3.05) is 13.7 Å². The second-order valence-corrected chi connectivity index (χ2v) is 14.8. The van der Waals surface area contributed by atoms with E-state index in [1.807, 2.05) is 0 Å². The van der Waals surface area contributed by atoms with E-state index in [1.54, 1.807) is 0 Å². The molecule has 2 heterocycles. The zero-order chi connectivity index (χ0) is 43.1. The summed E-state index contributed by atoms with van der Waals surface area (Å²) in [7, 11) is 1.23. The first kappa shape index (κ1) is 45.3. The fraction of sp³-hybridized carbons (Fsp3) is 0.436. The largest absolute Gasteiger partial charge is 1.00 e. The third kappa shape index (κ3) is 7.34. The van der Waals surface area contributed by atoms with Gasteiger partial charge in [-0.05, 0) is 55.7 Å². The number of aliphatic carboxylic acids is 1. The van der Waals surface area contributed by atoms with Crippen LogP contribution in [0, 0.1) is 6.92 Å². The van der Waals surface area contributed by atoms with Crippen LogP contribution < -0.4 is 44.7 Å². The fourth-order valence-electron chi connectivity index (χ4n) is 7.86. The summed E-state index contributed by atoms with van der Waals surface area (Å²) in [6, 6.07) is 2.93. The number of phenolic OH excluding ortho intramolecular Hbond substituents is 2. The van der Waals surface area contributed by atoms with Gasteiger partial charge in [-0.25, -0.2) is 0 Å².